The Morgan fingerprint density at radius 2 is 1.32 bits per heavy atom. The van der Waals surface area contributed by atoms with Crippen LogP contribution in [0.3, 0.4) is 0 Å². The lowest BCUT2D eigenvalue weighted by atomic mass is 10.2. The van der Waals surface area contributed by atoms with Crippen LogP contribution in [0.2, 0.25) is 10.0 Å². The van der Waals surface area contributed by atoms with Crippen molar-refractivity contribution in [1.29, 1.82) is 0 Å². The SMILES string of the molecule is O=S(=O)(N=Cc1ccc(Cl)c(Cl)c1)N(Cc1ccccc1)Cc1ccccc1. The zero-order valence-corrected chi connectivity index (χ0v) is 17.2. The molecule has 0 bridgehead atoms. The number of nitrogens with zero attached hydrogens (tertiary/aromatic N) is 2. The Bertz CT molecular complexity index is 1010. The minimum absolute atomic E-state index is 0.219. The first kappa shape index (κ1) is 20.6. The fraction of sp³-hybridized carbons (Fsp3) is 0.0952. The van der Waals surface area contributed by atoms with Crippen LogP contribution in [0.25, 0.3) is 0 Å². The van der Waals surface area contributed by atoms with E-state index in [4.69, 9.17) is 23.2 Å². The average Bonchev–Trinajstić information content (AvgIpc) is 2.70. The quantitative estimate of drug-likeness (QED) is 0.471. The van der Waals surface area contributed by atoms with Gasteiger partial charge in [0, 0.05) is 19.3 Å². The molecule has 3 aromatic carbocycles. The number of rotatable bonds is 7. The number of benzene rings is 3. The highest BCUT2D eigenvalue weighted by molar-refractivity contribution is 7.87. The molecule has 0 spiro atoms. The van der Waals surface area contributed by atoms with E-state index in [1.165, 1.54) is 10.5 Å². The van der Waals surface area contributed by atoms with Crippen molar-refractivity contribution in [2.45, 2.75) is 13.1 Å². The first-order valence-corrected chi connectivity index (χ1v) is 10.7. The van der Waals surface area contributed by atoms with Crippen molar-refractivity contribution < 1.29 is 8.42 Å². The lowest BCUT2D eigenvalue weighted by Crippen LogP contribution is -2.28. The molecule has 3 aromatic rings. The third kappa shape index (κ3) is 5.66. The predicted octanol–water partition coefficient (Wildman–Crippen LogP) is 5.36. The average molecular weight is 433 g/mol. The summed E-state index contributed by atoms with van der Waals surface area (Å²) in [7, 11) is -3.91. The van der Waals surface area contributed by atoms with Gasteiger partial charge in [-0.15, -0.1) is 0 Å². The number of hydrogen-bond acceptors (Lipinski definition) is 2. The lowest BCUT2D eigenvalue weighted by molar-refractivity contribution is 0.402. The van der Waals surface area contributed by atoms with Crippen molar-refractivity contribution >= 4 is 39.6 Å². The van der Waals surface area contributed by atoms with E-state index in [1.807, 2.05) is 60.7 Å². The molecule has 0 saturated carbocycles. The summed E-state index contributed by atoms with van der Waals surface area (Å²) in [6.07, 6.45) is 1.28. The normalized spacial score (nSPS) is 12.0. The van der Waals surface area contributed by atoms with Crippen molar-refractivity contribution in [3.8, 4) is 0 Å². The van der Waals surface area contributed by atoms with E-state index in [2.05, 4.69) is 4.40 Å². The van der Waals surface area contributed by atoms with Crippen LogP contribution >= 0.6 is 23.2 Å². The smallest absolute Gasteiger partial charge is 0.187 e. The monoisotopic (exact) mass is 432 g/mol. The lowest BCUT2D eigenvalue weighted by Gasteiger charge is -2.19. The number of hydrogen-bond donors (Lipinski definition) is 0. The molecule has 0 aliphatic heterocycles. The third-order valence-corrected chi connectivity index (χ3v) is 6.03. The van der Waals surface area contributed by atoms with E-state index in [9.17, 15) is 8.42 Å². The molecule has 28 heavy (non-hydrogen) atoms. The highest BCUT2D eigenvalue weighted by atomic mass is 35.5. The molecule has 3 rings (SSSR count). The molecule has 0 radical (unpaired) electrons. The Kier molecular flexibility index (Phi) is 6.86. The first-order valence-electron chi connectivity index (χ1n) is 8.52. The van der Waals surface area contributed by atoms with E-state index in [-0.39, 0.29) is 13.1 Å². The van der Waals surface area contributed by atoms with Crippen LogP contribution < -0.4 is 0 Å². The molecular formula is C21H18Cl2N2O2S. The highest BCUT2D eigenvalue weighted by Gasteiger charge is 2.21. The second-order valence-electron chi connectivity index (χ2n) is 6.13. The fourth-order valence-electron chi connectivity index (χ4n) is 2.58. The molecule has 0 N–H and O–H groups in total. The molecule has 0 heterocycles. The minimum Gasteiger partial charge on any atom is -0.187 e. The Labute approximate surface area is 175 Å². The van der Waals surface area contributed by atoms with E-state index in [0.29, 0.717) is 15.6 Å². The summed E-state index contributed by atoms with van der Waals surface area (Å²) in [6, 6.07) is 23.7. The van der Waals surface area contributed by atoms with Crippen molar-refractivity contribution in [2.24, 2.45) is 4.40 Å². The maximum atomic E-state index is 12.9. The molecule has 0 unspecified atom stereocenters. The van der Waals surface area contributed by atoms with Gasteiger partial charge >= 0.3 is 10.2 Å². The topological polar surface area (TPSA) is 49.7 Å². The van der Waals surface area contributed by atoms with Gasteiger partial charge in [0.05, 0.1) is 10.0 Å². The summed E-state index contributed by atoms with van der Waals surface area (Å²) in [4.78, 5) is 0. The zero-order chi connectivity index (χ0) is 20.0. The van der Waals surface area contributed by atoms with Gasteiger partial charge in [0.15, 0.2) is 0 Å². The second-order valence-corrected chi connectivity index (χ2v) is 8.56. The predicted molar refractivity (Wildman–Crippen MR) is 115 cm³/mol. The summed E-state index contributed by atoms with van der Waals surface area (Å²) in [5, 5.41) is 0.741. The van der Waals surface area contributed by atoms with Gasteiger partial charge in [-0.05, 0) is 28.8 Å². The van der Waals surface area contributed by atoms with Crippen LogP contribution in [-0.2, 0) is 23.3 Å². The van der Waals surface area contributed by atoms with Gasteiger partial charge in [-0.3, -0.25) is 0 Å². The van der Waals surface area contributed by atoms with Crippen molar-refractivity contribution in [3.05, 3.63) is 106 Å². The number of halogens is 2. The van der Waals surface area contributed by atoms with Gasteiger partial charge in [-0.25, -0.2) is 0 Å². The summed E-state index contributed by atoms with van der Waals surface area (Å²) in [6.45, 7) is 0.438. The molecule has 0 aliphatic carbocycles. The van der Waals surface area contributed by atoms with Crippen LogP contribution in [-0.4, -0.2) is 18.9 Å². The van der Waals surface area contributed by atoms with Crippen molar-refractivity contribution in [2.75, 3.05) is 0 Å². The first-order chi connectivity index (χ1) is 13.4. The zero-order valence-electron chi connectivity index (χ0n) is 14.9. The van der Waals surface area contributed by atoms with Crippen LogP contribution in [0.5, 0.6) is 0 Å². The fourth-order valence-corrected chi connectivity index (χ4v) is 3.90. The van der Waals surface area contributed by atoms with E-state index < -0.39 is 10.2 Å². The molecule has 0 amide bonds. The summed E-state index contributed by atoms with van der Waals surface area (Å²) >= 11 is 11.9. The summed E-state index contributed by atoms with van der Waals surface area (Å²) in [5.74, 6) is 0. The molecule has 4 nitrogen and oxygen atoms in total. The molecule has 144 valence electrons. The largest absolute Gasteiger partial charge is 0.322 e. The van der Waals surface area contributed by atoms with Gasteiger partial charge in [0.2, 0.25) is 0 Å². The molecular weight excluding hydrogens is 415 g/mol. The summed E-state index contributed by atoms with van der Waals surface area (Å²) in [5.41, 5.74) is 2.32. The molecule has 0 atom stereocenters. The van der Waals surface area contributed by atoms with Gasteiger partial charge in [-0.1, -0.05) is 89.9 Å². The molecule has 0 fully saturated rings. The molecule has 0 aromatic heterocycles. The van der Waals surface area contributed by atoms with E-state index >= 15 is 0 Å². The second kappa shape index (κ2) is 9.34. The Morgan fingerprint density at radius 3 is 1.82 bits per heavy atom. The van der Waals surface area contributed by atoms with Crippen LogP contribution in [0.4, 0.5) is 0 Å². The van der Waals surface area contributed by atoms with Gasteiger partial charge in [0.1, 0.15) is 0 Å². The van der Waals surface area contributed by atoms with Crippen molar-refractivity contribution in [3.63, 3.8) is 0 Å². The maximum Gasteiger partial charge on any atom is 0.322 e. The highest BCUT2D eigenvalue weighted by Crippen LogP contribution is 2.22. The Morgan fingerprint density at radius 1 is 0.786 bits per heavy atom. The molecule has 7 heteroatoms. The third-order valence-electron chi connectivity index (χ3n) is 4.01. The molecule has 0 aliphatic rings. The van der Waals surface area contributed by atoms with Crippen LogP contribution in [0.1, 0.15) is 16.7 Å². The van der Waals surface area contributed by atoms with Crippen LogP contribution in [0.15, 0.2) is 83.3 Å². The van der Waals surface area contributed by atoms with Gasteiger partial charge in [0.25, 0.3) is 0 Å². The van der Waals surface area contributed by atoms with Gasteiger partial charge in [-0.2, -0.15) is 17.1 Å². The summed E-state index contributed by atoms with van der Waals surface area (Å²) < 4.78 is 31.1. The minimum atomic E-state index is -3.91. The van der Waals surface area contributed by atoms with E-state index in [0.717, 1.165) is 11.1 Å². The Balaban J connectivity index is 1.88. The molecule has 0 saturated heterocycles. The van der Waals surface area contributed by atoms with Gasteiger partial charge < -0.3 is 0 Å². The standard InChI is InChI=1S/C21H18Cl2N2O2S/c22-20-12-11-19(13-21(20)23)14-24-28(26,27)25(15-17-7-3-1-4-8-17)16-18-9-5-2-6-10-18/h1-14H,15-16H2. The van der Waals surface area contributed by atoms with Crippen LogP contribution in [0, 0.1) is 0 Å². The maximum absolute atomic E-state index is 12.9. The Hall–Kier alpha value is -2.18. The van der Waals surface area contributed by atoms with E-state index in [1.54, 1.807) is 18.2 Å². The van der Waals surface area contributed by atoms with Crippen molar-refractivity contribution in [1.82, 2.24) is 4.31 Å².